The second kappa shape index (κ2) is 7.25. The third-order valence-electron chi connectivity index (χ3n) is 4.47. The number of benzene rings is 2. The number of carbonyl (C=O) groups is 2. The molecule has 0 saturated heterocycles. The number of nitrogens with zero attached hydrogens (tertiary/aromatic N) is 2. The summed E-state index contributed by atoms with van der Waals surface area (Å²) in [6.07, 6.45) is 2.72. The Morgan fingerprint density at radius 2 is 1.96 bits per heavy atom. The molecule has 0 radical (unpaired) electrons. The number of amides is 2. The average Bonchev–Trinajstić information content (AvgIpc) is 3.09. The van der Waals surface area contributed by atoms with Gasteiger partial charge in [0, 0.05) is 28.8 Å². The number of fused-ring (bicyclic) bond motifs is 1. The Hall–Kier alpha value is -3.12. The van der Waals surface area contributed by atoms with Crippen LogP contribution in [0.3, 0.4) is 0 Å². The fourth-order valence-electron chi connectivity index (χ4n) is 3.04. The van der Waals surface area contributed by atoms with Gasteiger partial charge in [-0.05, 0) is 47.9 Å². The molecule has 2 N–H and O–H groups in total. The van der Waals surface area contributed by atoms with Crippen LogP contribution in [-0.4, -0.2) is 21.6 Å². The van der Waals surface area contributed by atoms with Gasteiger partial charge >= 0.3 is 0 Å². The lowest BCUT2D eigenvalue weighted by atomic mass is 10.00. The van der Waals surface area contributed by atoms with Crippen molar-refractivity contribution >= 4 is 34.9 Å². The summed E-state index contributed by atoms with van der Waals surface area (Å²) >= 11 is 5.92. The molecule has 0 aliphatic carbocycles. The molecule has 0 spiro atoms. The number of carbonyl (C=O) groups excluding carboxylic acids is 2. The van der Waals surface area contributed by atoms with E-state index in [1.165, 1.54) is 0 Å². The maximum Gasteiger partial charge on any atom is 0.256 e. The standard InChI is InChI=1S/C20H17ClN4O2/c21-16-5-1-13(2-6-16)12-25-18(9-10-22-25)24-20(27)15-3-7-17-14(11-15)4-8-19(26)23-17/h1-3,5-7,9-11H,4,8,12H2,(H,23,26)(H,24,27). The van der Waals surface area contributed by atoms with Gasteiger partial charge in [-0.25, -0.2) is 4.68 Å². The minimum Gasteiger partial charge on any atom is -0.326 e. The van der Waals surface area contributed by atoms with Gasteiger partial charge in [-0.3, -0.25) is 9.59 Å². The van der Waals surface area contributed by atoms with E-state index >= 15 is 0 Å². The van der Waals surface area contributed by atoms with Gasteiger partial charge in [-0.1, -0.05) is 23.7 Å². The van der Waals surface area contributed by atoms with Crippen molar-refractivity contribution in [2.24, 2.45) is 0 Å². The zero-order chi connectivity index (χ0) is 18.8. The molecule has 1 aromatic heterocycles. The summed E-state index contributed by atoms with van der Waals surface area (Å²) in [5.74, 6) is 0.402. The zero-order valence-electron chi connectivity index (χ0n) is 14.4. The summed E-state index contributed by atoms with van der Waals surface area (Å²) in [5.41, 5.74) is 3.32. The molecule has 0 fully saturated rings. The van der Waals surface area contributed by atoms with Crippen molar-refractivity contribution in [2.45, 2.75) is 19.4 Å². The summed E-state index contributed by atoms with van der Waals surface area (Å²) in [6.45, 7) is 0.524. The van der Waals surface area contributed by atoms with E-state index in [0.717, 1.165) is 16.8 Å². The van der Waals surface area contributed by atoms with Gasteiger partial charge in [0.25, 0.3) is 5.91 Å². The molecule has 0 bridgehead atoms. The molecule has 2 heterocycles. The zero-order valence-corrected chi connectivity index (χ0v) is 15.2. The van der Waals surface area contributed by atoms with Crippen molar-refractivity contribution in [3.8, 4) is 0 Å². The van der Waals surface area contributed by atoms with E-state index in [0.29, 0.717) is 35.8 Å². The summed E-state index contributed by atoms with van der Waals surface area (Å²) in [7, 11) is 0. The number of hydrogen-bond acceptors (Lipinski definition) is 3. The van der Waals surface area contributed by atoms with Gasteiger partial charge in [-0.15, -0.1) is 0 Å². The number of aromatic nitrogens is 2. The number of halogens is 1. The number of aryl methyl sites for hydroxylation is 1. The molecule has 0 saturated carbocycles. The summed E-state index contributed by atoms with van der Waals surface area (Å²) < 4.78 is 1.72. The molecule has 6 nitrogen and oxygen atoms in total. The van der Waals surface area contributed by atoms with E-state index in [-0.39, 0.29) is 11.8 Å². The minimum absolute atomic E-state index is 0.00537. The van der Waals surface area contributed by atoms with Crippen LogP contribution < -0.4 is 10.6 Å². The Kier molecular flexibility index (Phi) is 4.64. The van der Waals surface area contributed by atoms with Crippen LogP contribution >= 0.6 is 11.6 Å². The molecule has 27 heavy (non-hydrogen) atoms. The first kappa shape index (κ1) is 17.3. The third kappa shape index (κ3) is 3.85. The number of nitrogens with one attached hydrogen (secondary N) is 2. The summed E-state index contributed by atoms with van der Waals surface area (Å²) in [6, 6.07) is 14.6. The van der Waals surface area contributed by atoms with E-state index in [4.69, 9.17) is 11.6 Å². The average molecular weight is 381 g/mol. The summed E-state index contributed by atoms with van der Waals surface area (Å²) in [5, 5.41) is 10.7. The molecule has 1 aliphatic heterocycles. The van der Waals surface area contributed by atoms with Crippen molar-refractivity contribution in [3.05, 3.63) is 76.4 Å². The Morgan fingerprint density at radius 3 is 2.78 bits per heavy atom. The van der Waals surface area contributed by atoms with Crippen LogP contribution in [0, 0.1) is 0 Å². The van der Waals surface area contributed by atoms with Crippen LogP contribution in [-0.2, 0) is 17.8 Å². The van der Waals surface area contributed by atoms with Gasteiger partial charge in [0.1, 0.15) is 5.82 Å². The fraction of sp³-hybridized carbons (Fsp3) is 0.150. The van der Waals surface area contributed by atoms with Crippen LogP contribution in [0.1, 0.15) is 27.9 Å². The van der Waals surface area contributed by atoms with Crippen molar-refractivity contribution in [1.82, 2.24) is 9.78 Å². The van der Waals surface area contributed by atoms with Crippen LogP contribution in [0.5, 0.6) is 0 Å². The maximum atomic E-state index is 12.7. The highest BCUT2D eigenvalue weighted by molar-refractivity contribution is 6.30. The van der Waals surface area contributed by atoms with E-state index in [9.17, 15) is 9.59 Å². The predicted molar refractivity (Wildman–Crippen MR) is 104 cm³/mol. The monoisotopic (exact) mass is 380 g/mol. The van der Waals surface area contributed by atoms with Crippen LogP contribution in [0.2, 0.25) is 5.02 Å². The molecule has 4 rings (SSSR count). The van der Waals surface area contributed by atoms with Gasteiger partial charge < -0.3 is 10.6 Å². The maximum absolute atomic E-state index is 12.7. The smallest absolute Gasteiger partial charge is 0.256 e. The van der Waals surface area contributed by atoms with Crippen LogP contribution in [0.15, 0.2) is 54.7 Å². The van der Waals surface area contributed by atoms with Gasteiger partial charge in [0.15, 0.2) is 0 Å². The van der Waals surface area contributed by atoms with Gasteiger partial charge in [0.2, 0.25) is 5.91 Å². The van der Waals surface area contributed by atoms with Crippen molar-refractivity contribution in [2.75, 3.05) is 10.6 Å². The summed E-state index contributed by atoms with van der Waals surface area (Å²) in [4.78, 5) is 24.1. The molecule has 2 amide bonds. The highest BCUT2D eigenvalue weighted by atomic mass is 35.5. The van der Waals surface area contributed by atoms with Gasteiger partial charge in [-0.2, -0.15) is 5.10 Å². The Morgan fingerprint density at radius 1 is 1.15 bits per heavy atom. The lowest BCUT2D eigenvalue weighted by Gasteiger charge is -2.17. The Labute approximate surface area is 161 Å². The molecule has 7 heteroatoms. The first-order valence-corrected chi connectivity index (χ1v) is 8.97. The molecule has 136 valence electrons. The van der Waals surface area contributed by atoms with E-state index in [1.807, 2.05) is 30.3 Å². The first-order chi connectivity index (χ1) is 13.1. The lowest BCUT2D eigenvalue weighted by molar-refractivity contribution is -0.116. The van der Waals surface area contributed by atoms with Crippen LogP contribution in [0.4, 0.5) is 11.5 Å². The third-order valence-corrected chi connectivity index (χ3v) is 4.72. The van der Waals surface area contributed by atoms with Crippen molar-refractivity contribution in [1.29, 1.82) is 0 Å². The molecule has 2 aromatic carbocycles. The molecule has 0 unspecified atom stereocenters. The van der Waals surface area contributed by atoms with Crippen molar-refractivity contribution < 1.29 is 9.59 Å². The predicted octanol–water partition coefficient (Wildman–Crippen LogP) is 3.72. The van der Waals surface area contributed by atoms with Crippen LogP contribution in [0.25, 0.3) is 0 Å². The van der Waals surface area contributed by atoms with E-state index in [1.54, 1.807) is 29.1 Å². The normalized spacial score (nSPS) is 13.0. The molecule has 1 aliphatic rings. The topological polar surface area (TPSA) is 76.0 Å². The second-order valence-electron chi connectivity index (χ2n) is 6.37. The number of rotatable bonds is 4. The van der Waals surface area contributed by atoms with Gasteiger partial charge in [0.05, 0.1) is 12.7 Å². The Bertz CT molecular complexity index is 1010. The Balaban J connectivity index is 1.50. The highest BCUT2D eigenvalue weighted by Crippen LogP contribution is 2.24. The highest BCUT2D eigenvalue weighted by Gasteiger charge is 2.17. The second-order valence-corrected chi connectivity index (χ2v) is 6.81. The largest absolute Gasteiger partial charge is 0.326 e. The number of hydrogen-bond donors (Lipinski definition) is 2. The molecule has 0 atom stereocenters. The first-order valence-electron chi connectivity index (χ1n) is 8.59. The van der Waals surface area contributed by atoms with Crippen molar-refractivity contribution in [3.63, 3.8) is 0 Å². The van der Waals surface area contributed by atoms with E-state index < -0.39 is 0 Å². The SMILES string of the molecule is O=C1CCc2cc(C(=O)Nc3ccnn3Cc3ccc(Cl)cc3)ccc2N1. The number of anilines is 2. The molecule has 3 aromatic rings. The quantitative estimate of drug-likeness (QED) is 0.724. The molecular formula is C20H17ClN4O2. The lowest BCUT2D eigenvalue weighted by Crippen LogP contribution is -2.20. The minimum atomic E-state index is -0.215. The molecular weight excluding hydrogens is 364 g/mol. The van der Waals surface area contributed by atoms with E-state index in [2.05, 4.69) is 15.7 Å². The fourth-order valence-corrected chi connectivity index (χ4v) is 3.17.